The molecule has 176 valence electrons. The van der Waals surface area contributed by atoms with Crippen molar-refractivity contribution >= 4 is 35.6 Å². The van der Waals surface area contributed by atoms with E-state index in [0.29, 0.717) is 18.1 Å². The number of anilines is 1. The summed E-state index contributed by atoms with van der Waals surface area (Å²) in [5.41, 5.74) is -0.116. The summed E-state index contributed by atoms with van der Waals surface area (Å²) in [7, 11) is 0. The summed E-state index contributed by atoms with van der Waals surface area (Å²) in [6.07, 6.45) is -5.11. The van der Waals surface area contributed by atoms with E-state index < -0.39 is 18.2 Å². The Morgan fingerprint density at radius 1 is 1.22 bits per heavy atom. The Bertz CT molecular complexity index is 884. The van der Waals surface area contributed by atoms with Crippen LogP contribution >= 0.6 is 24.0 Å². The van der Waals surface area contributed by atoms with E-state index in [2.05, 4.69) is 0 Å². The molecule has 1 aliphatic heterocycles. The van der Waals surface area contributed by atoms with Gasteiger partial charge in [-0.1, -0.05) is 23.7 Å². The summed E-state index contributed by atoms with van der Waals surface area (Å²) in [6.45, 7) is 1.53. The maximum atomic E-state index is 12.5. The minimum absolute atomic E-state index is 0. The molecule has 1 aliphatic rings. The normalized spacial score (nSPS) is 17.3. The van der Waals surface area contributed by atoms with Crippen LogP contribution in [0, 0.1) is 0 Å². The molecule has 0 bridgehead atoms. The molecule has 0 aliphatic carbocycles. The van der Waals surface area contributed by atoms with Crippen LogP contribution in [0.25, 0.3) is 0 Å². The van der Waals surface area contributed by atoms with Gasteiger partial charge in [-0.2, -0.15) is 13.2 Å². The van der Waals surface area contributed by atoms with Gasteiger partial charge < -0.3 is 19.9 Å². The molecule has 2 N–H and O–H groups in total. The lowest BCUT2D eigenvalue weighted by molar-refractivity contribution is -0.167. The summed E-state index contributed by atoms with van der Waals surface area (Å²) >= 11 is 5.86. The van der Waals surface area contributed by atoms with Crippen LogP contribution < -0.4 is 14.8 Å². The van der Waals surface area contributed by atoms with Crippen molar-refractivity contribution in [2.45, 2.75) is 24.8 Å². The monoisotopic (exact) mass is 494 g/mol. The first-order valence-electron chi connectivity index (χ1n) is 9.63. The Balaban J connectivity index is 0.00000363. The van der Waals surface area contributed by atoms with E-state index in [1.807, 2.05) is 4.90 Å². The van der Waals surface area contributed by atoms with E-state index in [9.17, 15) is 23.1 Å². The van der Waals surface area contributed by atoms with Crippen LogP contribution in [-0.4, -0.2) is 60.5 Å². The van der Waals surface area contributed by atoms with Gasteiger partial charge in [0, 0.05) is 24.7 Å². The first kappa shape index (κ1) is 26.1. The summed E-state index contributed by atoms with van der Waals surface area (Å²) in [5.74, 6) is -1.32. The van der Waals surface area contributed by atoms with Gasteiger partial charge in [0.1, 0.15) is 30.3 Å². The van der Waals surface area contributed by atoms with E-state index in [0.717, 1.165) is 18.7 Å². The molecule has 2 unspecified atom stereocenters. The standard InChI is InChI=1S/C21H22ClF3N2O4.ClH/c22-14-5-7-16(8-6-14)31-17-9-10-27(12-17)11-15(28)13-30-19-4-2-1-3-18(19)26-20(29)21(23,24)25;/h1-8,15,17,28H,9-13H2,(H,26,29);1H. The van der Waals surface area contributed by atoms with Crippen molar-refractivity contribution in [2.75, 3.05) is 31.6 Å². The highest BCUT2D eigenvalue weighted by Gasteiger charge is 2.39. The van der Waals surface area contributed by atoms with Gasteiger partial charge in [-0.3, -0.25) is 9.69 Å². The van der Waals surface area contributed by atoms with Crippen molar-refractivity contribution in [3.63, 3.8) is 0 Å². The number of nitrogens with zero attached hydrogens (tertiary/aromatic N) is 1. The highest BCUT2D eigenvalue weighted by molar-refractivity contribution is 6.30. The van der Waals surface area contributed by atoms with Crippen LogP contribution in [0.5, 0.6) is 11.5 Å². The third-order valence-corrected chi connectivity index (χ3v) is 4.89. The fourth-order valence-corrected chi connectivity index (χ4v) is 3.32. The number of ether oxygens (including phenoxy) is 2. The van der Waals surface area contributed by atoms with E-state index >= 15 is 0 Å². The molecule has 1 heterocycles. The molecule has 0 saturated carbocycles. The van der Waals surface area contributed by atoms with Crippen molar-refractivity contribution in [3.05, 3.63) is 53.6 Å². The van der Waals surface area contributed by atoms with Gasteiger partial charge in [0.05, 0.1) is 5.69 Å². The van der Waals surface area contributed by atoms with Crippen LogP contribution in [0.1, 0.15) is 6.42 Å². The number of halogens is 5. The minimum atomic E-state index is -5.01. The van der Waals surface area contributed by atoms with Gasteiger partial charge in [0.2, 0.25) is 0 Å². The van der Waals surface area contributed by atoms with Gasteiger partial charge >= 0.3 is 12.1 Å². The molecule has 0 spiro atoms. The summed E-state index contributed by atoms with van der Waals surface area (Å²) in [5, 5.41) is 12.7. The Hall–Kier alpha value is -2.20. The SMILES string of the molecule is Cl.O=C(Nc1ccccc1OCC(O)CN1CCC(Oc2ccc(Cl)cc2)C1)C(F)(F)F. The second kappa shape index (κ2) is 11.6. The molecule has 2 atom stereocenters. The Morgan fingerprint density at radius 2 is 1.91 bits per heavy atom. The highest BCUT2D eigenvalue weighted by Crippen LogP contribution is 2.27. The number of aliphatic hydroxyl groups excluding tert-OH is 1. The molecule has 1 fully saturated rings. The summed E-state index contributed by atoms with van der Waals surface area (Å²) in [6, 6.07) is 12.8. The van der Waals surface area contributed by atoms with E-state index in [-0.39, 0.29) is 36.6 Å². The van der Waals surface area contributed by atoms with Gasteiger partial charge in [0.15, 0.2) is 0 Å². The molecule has 6 nitrogen and oxygen atoms in total. The Kier molecular flexibility index (Phi) is 9.45. The van der Waals surface area contributed by atoms with Crippen LogP contribution in [0.3, 0.4) is 0 Å². The zero-order valence-corrected chi connectivity index (χ0v) is 18.4. The minimum Gasteiger partial charge on any atom is -0.489 e. The molecule has 0 radical (unpaired) electrons. The first-order valence-corrected chi connectivity index (χ1v) is 10.0. The fourth-order valence-electron chi connectivity index (χ4n) is 3.19. The number of nitrogens with one attached hydrogen (secondary N) is 1. The summed E-state index contributed by atoms with van der Waals surface area (Å²) < 4.78 is 48.8. The number of aliphatic hydroxyl groups is 1. The summed E-state index contributed by atoms with van der Waals surface area (Å²) in [4.78, 5) is 13.2. The molecule has 0 aromatic heterocycles. The molecule has 1 saturated heterocycles. The lowest BCUT2D eigenvalue weighted by atomic mass is 10.3. The topological polar surface area (TPSA) is 71.0 Å². The zero-order chi connectivity index (χ0) is 22.4. The van der Waals surface area contributed by atoms with Crippen molar-refractivity contribution in [1.82, 2.24) is 4.90 Å². The van der Waals surface area contributed by atoms with Crippen LogP contribution in [0.2, 0.25) is 5.02 Å². The Labute approximate surface area is 194 Å². The predicted molar refractivity (Wildman–Crippen MR) is 117 cm³/mol. The van der Waals surface area contributed by atoms with Crippen LogP contribution in [0.4, 0.5) is 18.9 Å². The number of likely N-dealkylation sites (tertiary alicyclic amines) is 1. The van der Waals surface area contributed by atoms with E-state index in [1.54, 1.807) is 35.6 Å². The van der Waals surface area contributed by atoms with Crippen LogP contribution in [0.15, 0.2) is 48.5 Å². The fraction of sp³-hybridized carbons (Fsp3) is 0.381. The van der Waals surface area contributed by atoms with Gasteiger partial charge in [-0.05, 0) is 42.8 Å². The number of amides is 1. The van der Waals surface area contributed by atoms with Gasteiger partial charge in [-0.15, -0.1) is 12.4 Å². The lowest BCUT2D eigenvalue weighted by Gasteiger charge is -2.21. The van der Waals surface area contributed by atoms with Crippen molar-refractivity contribution in [3.8, 4) is 11.5 Å². The van der Waals surface area contributed by atoms with Crippen molar-refractivity contribution in [1.29, 1.82) is 0 Å². The molecule has 2 aromatic rings. The molecule has 11 heteroatoms. The highest BCUT2D eigenvalue weighted by atomic mass is 35.5. The molecular formula is C21H23Cl2F3N2O4. The van der Waals surface area contributed by atoms with Crippen molar-refractivity contribution < 1.29 is 32.5 Å². The molecular weight excluding hydrogens is 472 g/mol. The second-order valence-corrected chi connectivity index (χ2v) is 7.59. The first-order chi connectivity index (χ1) is 14.7. The van der Waals surface area contributed by atoms with Gasteiger partial charge in [0.25, 0.3) is 0 Å². The number of rotatable bonds is 8. The second-order valence-electron chi connectivity index (χ2n) is 7.15. The number of benzene rings is 2. The molecule has 1 amide bonds. The lowest BCUT2D eigenvalue weighted by Crippen LogP contribution is -2.35. The maximum Gasteiger partial charge on any atom is 0.471 e. The van der Waals surface area contributed by atoms with Gasteiger partial charge in [-0.25, -0.2) is 0 Å². The smallest absolute Gasteiger partial charge is 0.471 e. The van der Waals surface area contributed by atoms with Crippen molar-refractivity contribution in [2.24, 2.45) is 0 Å². The number of hydrogen-bond acceptors (Lipinski definition) is 5. The molecule has 32 heavy (non-hydrogen) atoms. The number of carbonyl (C=O) groups excluding carboxylic acids is 1. The zero-order valence-electron chi connectivity index (χ0n) is 16.8. The maximum absolute atomic E-state index is 12.5. The van der Waals surface area contributed by atoms with Crippen LogP contribution in [-0.2, 0) is 4.79 Å². The van der Waals surface area contributed by atoms with E-state index in [1.165, 1.54) is 18.2 Å². The average molecular weight is 495 g/mol. The predicted octanol–water partition coefficient (Wildman–Crippen LogP) is 4.16. The number of para-hydroxylation sites is 2. The average Bonchev–Trinajstić information content (AvgIpc) is 3.15. The number of alkyl halides is 3. The third kappa shape index (κ3) is 7.74. The Morgan fingerprint density at radius 3 is 2.59 bits per heavy atom. The number of hydrogen-bond donors (Lipinski definition) is 2. The number of β-amino-alcohol motifs (C(OH)–C–C–N with tert-alkyl or cyclic N) is 1. The quantitative estimate of drug-likeness (QED) is 0.576. The molecule has 3 rings (SSSR count). The third-order valence-electron chi connectivity index (χ3n) is 4.64. The molecule has 2 aromatic carbocycles. The number of carbonyl (C=O) groups is 1. The van der Waals surface area contributed by atoms with E-state index in [4.69, 9.17) is 21.1 Å². The largest absolute Gasteiger partial charge is 0.489 e.